The zero-order chi connectivity index (χ0) is 11.7. The molecule has 0 aliphatic heterocycles. The minimum absolute atomic E-state index is 0.308. The predicted molar refractivity (Wildman–Crippen MR) is 60.7 cm³/mol. The summed E-state index contributed by atoms with van der Waals surface area (Å²) in [4.78, 5) is 11.8. The van der Waals surface area contributed by atoms with E-state index in [-0.39, 0.29) is 5.82 Å². The highest BCUT2D eigenvalue weighted by molar-refractivity contribution is 7.19. The molecule has 0 fully saturated rings. The first kappa shape index (κ1) is 11.0. The molecule has 1 heterocycles. The van der Waals surface area contributed by atoms with E-state index in [9.17, 15) is 9.18 Å². The van der Waals surface area contributed by atoms with Crippen LogP contribution in [0.4, 0.5) is 4.39 Å². The topological polar surface area (TPSA) is 52.3 Å². The molecular weight excluding hydrogens is 229 g/mol. The summed E-state index contributed by atoms with van der Waals surface area (Å²) in [7, 11) is 1.27. The van der Waals surface area contributed by atoms with Crippen molar-refractivity contribution in [3.05, 3.63) is 35.0 Å². The van der Waals surface area contributed by atoms with Gasteiger partial charge in [-0.1, -0.05) is 6.07 Å². The lowest BCUT2D eigenvalue weighted by molar-refractivity contribution is -0.142. The van der Waals surface area contributed by atoms with Gasteiger partial charge in [-0.05, 0) is 18.2 Å². The third-order valence-corrected chi connectivity index (χ3v) is 3.47. The Kier molecular flexibility index (Phi) is 2.89. The molecule has 1 aromatic heterocycles. The third kappa shape index (κ3) is 1.79. The first-order valence-corrected chi connectivity index (χ1v) is 5.46. The average Bonchev–Trinajstić information content (AvgIpc) is 2.72. The number of rotatable bonds is 2. The van der Waals surface area contributed by atoms with Crippen molar-refractivity contribution in [2.75, 3.05) is 7.11 Å². The number of benzene rings is 1. The molecule has 0 aliphatic carbocycles. The van der Waals surface area contributed by atoms with Crippen LogP contribution >= 0.6 is 11.3 Å². The van der Waals surface area contributed by atoms with Crippen LogP contribution in [0.1, 0.15) is 10.9 Å². The van der Waals surface area contributed by atoms with E-state index in [4.69, 9.17) is 5.73 Å². The van der Waals surface area contributed by atoms with E-state index in [2.05, 4.69) is 4.74 Å². The molecule has 2 rings (SSSR count). The number of esters is 1. The van der Waals surface area contributed by atoms with Gasteiger partial charge in [0, 0.05) is 15.0 Å². The second kappa shape index (κ2) is 4.19. The number of carbonyl (C=O) groups is 1. The highest BCUT2D eigenvalue weighted by Gasteiger charge is 2.19. The van der Waals surface area contributed by atoms with E-state index in [1.807, 2.05) is 0 Å². The highest BCUT2D eigenvalue weighted by Crippen LogP contribution is 2.30. The van der Waals surface area contributed by atoms with Crippen molar-refractivity contribution in [3.63, 3.8) is 0 Å². The molecule has 1 atom stereocenters. The number of carbonyl (C=O) groups excluding carboxylic acids is 1. The summed E-state index contributed by atoms with van der Waals surface area (Å²) in [6.07, 6.45) is 0. The molecule has 0 radical (unpaired) electrons. The largest absolute Gasteiger partial charge is 0.468 e. The Morgan fingerprint density at radius 1 is 1.56 bits per heavy atom. The van der Waals surface area contributed by atoms with Crippen LogP contribution in [0.15, 0.2) is 24.3 Å². The van der Waals surface area contributed by atoms with Gasteiger partial charge in [-0.2, -0.15) is 0 Å². The molecule has 0 spiro atoms. The molecule has 0 saturated carbocycles. The molecule has 0 amide bonds. The molecule has 0 bridgehead atoms. The van der Waals surface area contributed by atoms with E-state index in [0.717, 1.165) is 4.70 Å². The minimum Gasteiger partial charge on any atom is -0.468 e. The smallest absolute Gasteiger partial charge is 0.328 e. The maximum absolute atomic E-state index is 13.4. The van der Waals surface area contributed by atoms with Crippen LogP contribution < -0.4 is 5.73 Å². The number of hydrogen-bond acceptors (Lipinski definition) is 4. The summed E-state index contributed by atoms with van der Waals surface area (Å²) >= 11 is 1.30. The summed E-state index contributed by atoms with van der Waals surface area (Å²) in [5.74, 6) is -0.830. The quantitative estimate of drug-likeness (QED) is 0.817. The fraction of sp³-hybridized carbons (Fsp3) is 0.182. The normalized spacial score (nSPS) is 12.7. The van der Waals surface area contributed by atoms with Gasteiger partial charge in [0.1, 0.15) is 11.9 Å². The Balaban J connectivity index is 2.47. The molecule has 0 aliphatic rings. The van der Waals surface area contributed by atoms with Crippen molar-refractivity contribution in [1.29, 1.82) is 0 Å². The Labute approximate surface area is 95.6 Å². The molecule has 84 valence electrons. The van der Waals surface area contributed by atoms with Crippen LogP contribution in [-0.4, -0.2) is 13.1 Å². The summed E-state index contributed by atoms with van der Waals surface area (Å²) in [5.41, 5.74) is 5.68. The van der Waals surface area contributed by atoms with Crippen molar-refractivity contribution in [2.45, 2.75) is 6.04 Å². The Bertz CT molecular complexity index is 538. The van der Waals surface area contributed by atoms with Crippen LogP contribution in [0.3, 0.4) is 0 Å². The monoisotopic (exact) mass is 239 g/mol. The highest BCUT2D eigenvalue weighted by atomic mass is 32.1. The van der Waals surface area contributed by atoms with Crippen LogP contribution in [-0.2, 0) is 9.53 Å². The number of thiophene rings is 1. The van der Waals surface area contributed by atoms with Gasteiger partial charge in [-0.3, -0.25) is 0 Å². The Morgan fingerprint density at radius 2 is 2.31 bits per heavy atom. The van der Waals surface area contributed by atoms with Crippen LogP contribution in [0, 0.1) is 5.82 Å². The van der Waals surface area contributed by atoms with Gasteiger partial charge >= 0.3 is 5.97 Å². The SMILES string of the molecule is COC(=O)C(N)c1cc2c(F)cccc2s1. The summed E-state index contributed by atoms with van der Waals surface area (Å²) in [5, 5.41) is 0.488. The number of nitrogens with two attached hydrogens (primary N) is 1. The number of ether oxygens (including phenoxy) is 1. The molecule has 1 aromatic carbocycles. The molecule has 0 saturated heterocycles. The molecular formula is C11H10FNO2S. The zero-order valence-electron chi connectivity index (χ0n) is 8.57. The molecule has 16 heavy (non-hydrogen) atoms. The molecule has 1 unspecified atom stereocenters. The second-order valence-electron chi connectivity index (χ2n) is 3.30. The maximum Gasteiger partial charge on any atom is 0.328 e. The molecule has 2 N–H and O–H groups in total. The first-order valence-electron chi connectivity index (χ1n) is 4.65. The standard InChI is InChI=1S/C11H10FNO2S/c1-15-11(14)10(13)9-5-6-7(12)3-2-4-8(6)16-9/h2-5,10H,13H2,1H3. The zero-order valence-corrected chi connectivity index (χ0v) is 9.38. The Hall–Kier alpha value is -1.46. The number of methoxy groups -OCH3 is 1. The lowest BCUT2D eigenvalue weighted by atomic mass is 10.2. The fourth-order valence-electron chi connectivity index (χ4n) is 1.44. The number of halogens is 1. The van der Waals surface area contributed by atoms with E-state index in [1.165, 1.54) is 24.5 Å². The lowest BCUT2D eigenvalue weighted by Gasteiger charge is -2.05. The number of fused-ring (bicyclic) bond motifs is 1. The molecule has 2 aromatic rings. The van der Waals surface area contributed by atoms with Crippen LogP contribution in [0.25, 0.3) is 10.1 Å². The van der Waals surface area contributed by atoms with Gasteiger partial charge < -0.3 is 10.5 Å². The van der Waals surface area contributed by atoms with Gasteiger partial charge in [0.05, 0.1) is 7.11 Å². The van der Waals surface area contributed by atoms with Crippen LogP contribution in [0.2, 0.25) is 0 Å². The van der Waals surface area contributed by atoms with Gasteiger partial charge in [0.15, 0.2) is 0 Å². The number of hydrogen-bond donors (Lipinski definition) is 1. The third-order valence-electron chi connectivity index (χ3n) is 2.29. The van der Waals surface area contributed by atoms with E-state index < -0.39 is 12.0 Å². The summed E-state index contributed by atoms with van der Waals surface area (Å²) < 4.78 is 18.7. The van der Waals surface area contributed by atoms with Gasteiger partial charge in [-0.25, -0.2) is 9.18 Å². The first-order chi connectivity index (χ1) is 7.63. The predicted octanol–water partition coefficient (Wildman–Crippen LogP) is 2.21. The maximum atomic E-state index is 13.4. The van der Waals surface area contributed by atoms with Crippen molar-refractivity contribution in [1.82, 2.24) is 0 Å². The van der Waals surface area contributed by atoms with Crippen molar-refractivity contribution in [2.24, 2.45) is 5.73 Å². The van der Waals surface area contributed by atoms with Crippen molar-refractivity contribution < 1.29 is 13.9 Å². The lowest BCUT2D eigenvalue weighted by Crippen LogP contribution is -2.21. The minimum atomic E-state index is -0.846. The Morgan fingerprint density at radius 3 is 2.94 bits per heavy atom. The molecule has 3 nitrogen and oxygen atoms in total. The van der Waals surface area contributed by atoms with Gasteiger partial charge in [0.25, 0.3) is 0 Å². The van der Waals surface area contributed by atoms with Crippen LogP contribution in [0.5, 0.6) is 0 Å². The van der Waals surface area contributed by atoms with E-state index >= 15 is 0 Å². The summed E-state index contributed by atoms with van der Waals surface area (Å²) in [6, 6.07) is 5.54. The van der Waals surface area contributed by atoms with E-state index in [0.29, 0.717) is 10.3 Å². The van der Waals surface area contributed by atoms with Crippen molar-refractivity contribution in [3.8, 4) is 0 Å². The second-order valence-corrected chi connectivity index (χ2v) is 4.42. The summed E-state index contributed by atoms with van der Waals surface area (Å²) in [6.45, 7) is 0. The van der Waals surface area contributed by atoms with Gasteiger partial charge in [0.2, 0.25) is 0 Å². The fourth-order valence-corrected chi connectivity index (χ4v) is 2.51. The van der Waals surface area contributed by atoms with Crippen molar-refractivity contribution >= 4 is 27.4 Å². The van der Waals surface area contributed by atoms with E-state index in [1.54, 1.807) is 18.2 Å². The average molecular weight is 239 g/mol. The van der Waals surface area contributed by atoms with Gasteiger partial charge in [-0.15, -0.1) is 11.3 Å². The molecule has 5 heteroatoms.